The van der Waals surface area contributed by atoms with E-state index < -0.39 is 5.97 Å². The molecule has 134 valence electrons. The maximum absolute atomic E-state index is 12.0. The summed E-state index contributed by atoms with van der Waals surface area (Å²) in [6.45, 7) is 6.25. The molecule has 0 aliphatic rings. The first-order valence-corrected chi connectivity index (χ1v) is 8.19. The standard InChI is InChI=1S/C19H20N4O3/c1-19(2,3)14-7-9-16(10-8-14)25-12-18(24)26-17-6-4-5-15(11-17)23-13-20-21-22-23/h4-11,13H,12H2,1-3H3. The summed E-state index contributed by atoms with van der Waals surface area (Å²) < 4.78 is 12.3. The van der Waals surface area contributed by atoms with Crippen molar-refractivity contribution in [3.8, 4) is 17.2 Å². The molecule has 7 nitrogen and oxygen atoms in total. The second-order valence-electron chi connectivity index (χ2n) is 6.79. The molecule has 3 aromatic rings. The first-order chi connectivity index (χ1) is 12.4. The lowest BCUT2D eigenvalue weighted by molar-refractivity contribution is -0.136. The molecule has 2 aromatic carbocycles. The minimum absolute atomic E-state index is 0.0715. The van der Waals surface area contributed by atoms with E-state index in [-0.39, 0.29) is 12.0 Å². The van der Waals surface area contributed by atoms with E-state index in [2.05, 4.69) is 36.3 Å². The maximum Gasteiger partial charge on any atom is 0.349 e. The van der Waals surface area contributed by atoms with Crippen molar-refractivity contribution in [2.45, 2.75) is 26.2 Å². The summed E-state index contributed by atoms with van der Waals surface area (Å²) in [4.78, 5) is 12.0. The molecule has 0 fully saturated rings. The fourth-order valence-corrected chi connectivity index (χ4v) is 2.32. The van der Waals surface area contributed by atoms with Gasteiger partial charge in [0.1, 0.15) is 17.8 Å². The van der Waals surface area contributed by atoms with Gasteiger partial charge in [-0.25, -0.2) is 9.48 Å². The van der Waals surface area contributed by atoms with Crippen molar-refractivity contribution in [2.24, 2.45) is 0 Å². The molecule has 1 heterocycles. The zero-order chi connectivity index (χ0) is 18.6. The molecule has 3 rings (SSSR count). The highest BCUT2D eigenvalue weighted by molar-refractivity contribution is 5.74. The summed E-state index contributed by atoms with van der Waals surface area (Å²) in [5.74, 6) is 0.533. The molecule has 0 radical (unpaired) electrons. The van der Waals surface area contributed by atoms with Gasteiger partial charge in [-0.3, -0.25) is 0 Å². The van der Waals surface area contributed by atoms with Crippen LogP contribution >= 0.6 is 0 Å². The van der Waals surface area contributed by atoms with Gasteiger partial charge >= 0.3 is 5.97 Å². The zero-order valence-corrected chi connectivity index (χ0v) is 14.9. The number of carbonyl (C=O) groups is 1. The van der Waals surface area contributed by atoms with Crippen LogP contribution in [0.25, 0.3) is 5.69 Å². The molecule has 0 saturated heterocycles. The van der Waals surface area contributed by atoms with Crippen LogP contribution in [-0.4, -0.2) is 32.8 Å². The lowest BCUT2D eigenvalue weighted by Gasteiger charge is -2.19. The van der Waals surface area contributed by atoms with Crippen molar-refractivity contribution < 1.29 is 14.3 Å². The molecule has 1 aromatic heterocycles. The van der Waals surface area contributed by atoms with Crippen molar-refractivity contribution >= 4 is 5.97 Å². The van der Waals surface area contributed by atoms with E-state index in [1.165, 1.54) is 16.6 Å². The van der Waals surface area contributed by atoms with Crippen LogP contribution in [0.2, 0.25) is 0 Å². The summed E-state index contributed by atoms with van der Waals surface area (Å²) in [5, 5.41) is 11.0. The van der Waals surface area contributed by atoms with Crippen molar-refractivity contribution in [3.05, 3.63) is 60.4 Å². The number of esters is 1. The topological polar surface area (TPSA) is 79.1 Å². The van der Waals surface area contributed by atoms with Crippen LogP contribution < -0.4 is 9.47 Å². The average molecular weight is 352 g/mol. The smallest absolute Gasteiger partial charge is 0.349 e. The molecule has 0 N–H and O–H groups in total. The van der Waals surface area contributed by atoms with E-state index in [0.717, 1.165) is 0 Å². The lowest BCUT2D eigenvalue weighted by Crippen LogP contribution is -2.18. The Bertz CT molecular complexity index is 869. The predicted molar refractivity (Wildman–Crippen MR) is 95.4 cm³/mol. The van der Waals surface area contributed by atoms with Crippen molar-refractivity contribution in [2.75, 3.05) is 6.61 Å². The fourth-order valence-electron chi connectivity index (χ4n) is 2.32. The van der Waals surface area contributed by atoms with Gasteiger partial charge in [-0.05, 0) is 45.7 Å². The highest BCUT2D eigenvalue weighted by Gasteiger charge is 2.13. The largest absolute Gasteiger partial charge is 0.482 e. The molecule has 0 aliphatic carbocycles. The fraction of sp³-hybridized carbons (Fsp3) is 0.263. The van der Waals surface area contributed by atoms with Crippen LogP contribution in [0.3, 0.4) is 0 Å². The van der Waals surface area contributed by atoms with Gasteiger partial charge in [0.05, 0.1) is 5.69 Å². The SMILES string of the molecule is CC(C)(C)c1ccc(OCC(=O)Oc2cccc(-n3cnnn3)c2)cc1. The van der Waals surface area contributed by atoms with Gasteiger partial charge in [0, 0.05) is 6.07 Å². The average Bonchev–Trinajstić information content (AvgIpc) is 3.14. The first-order valence-electron chi connectivity index (χ1n) is 8.19. The predicted octanol–water partition coefficient (Wildman–Crippen LogP) is 2.94. The number of rotatable bonds is 5. The number of benzene rings is 2. The Morgan fingerprint density at radius 2 is 1.85 bits per heavy atom. The summed E-state index contributed by atoms with van der Waals surface area (Å²) in [5.41, 5.74) is 1.97. The van der Waals surface area contributed by atoms with Gasteiger partial charge in [-0.2, -0.15) is 0 Å². The molecule has 0 aliphatic heterocycles. The van der Waals surface area contributed by atoms with Crippen LogP contribution in [-0.2, 0) is 10.2 Å². The number of hydrogen-bond acceptors (Lipinski definition) is 6. The molecule has 0 saturated carbocycles. The Hall–Kier alpha value is -3.22. The normalized spacial score (nSPS) is 11.2. The molecule has 0 unspecified atom stereocenters. The molecule has 0 atom stereocenters. The van der Waals surface area contributed by atoms with Gasteiger partial charge in [-0.15, -0.1) is 5.10 Å². The Labute approximate surface area is 151 Å². The van der Waals surface area contributed by atoms with Gasteiger partial charge in [0.15, 0.2) is 6.61 Å². The van der Waals surface area contributed by atoms with Gasteiger partial charge in [0.2, 0.25) is 0 Å². The zero-order valence-electron chi connectivity index (χ0n) is 14.9. The minimum atomic E-state index is -0.487. The maximum atomic E-state index is 12.0. The Kier molecular flexibility index (Phi) is 4.97. The quantitative estimate of drug-likeness (QED) is 0.519. The Balaban J connectivity index is 1.57. The second kappa shape index (κ2) is 7.35. The number of nitrogens with zero attached hydrogens (tertiary/aromatic N) is 4. The molecule has 0 amide bonds. The summed E-state index contributed by atoms with van der Waals surface area (Å²) in [6.07, 6.45) is 1.46. The van der Waals surface area contributed by atoms with Crippen LogP contribution in [0.15, 0.2) is 54.9 Å². The molecular weight excluding hydrogens is 332 g/mol. The van der Waals surface area contributed by atoms with E-state index in [4.69, 9.17) is 9.47 Å². The van der Waals surface area contributed by atoms with E-state index >= 15 is 0 Å². The number of tetrazole rings is 1. The molecule has 7 heteroatoms. The Morgan fingerprint density at radius 3 is 2.50 bits per heavy atom. The van der Waals surface area contributed by atoms with Gasteiger partial charge in [-0.1, -0.05) is 39.0 Å². The lowest BCUT2D eigenvalue weighted by atomic mass is 9.87. The van der Waals surface area contributed by atoms with E-state index in [0.29, 0.717) is 17.2 Å². The third kappa shape index (κ3) is 4.44. The molecule has 0 spiro atoms. The van der Waals surface area contributed by atoms with E-state index in [1.54, 1.807) is 24.3 Å². The van der Waals surface area contributed by atoms with Crippen LogP contribution in [0.4, 0.5) is 0 Å². The van der Waals surface area contributed by atoms with Crippen molar-refractivity contribution in [1.29, 1.82) is 0 Å². The van der Waals surface area contributed by atoms with Crippen molar-refractivity contribution in [1.82, 2.24) is 20.2 Å². The van der Waals surface area contributed by atoms with Gasteiger partial charge in [0.25, 0.3) is 0 Å². The minimum Gasteiger partial charge on any atom is -0.482 e. The van der Waals surface area contributed by atoms with Crippen molar-refractivity contribution in [3.63, 3.8) is 0 Å². The number of carbonyl (C=O) groups excluding carboxylic acids is 1. The van der Waals surface area contributed by atoms with Crippen LogP contribution in [0.5, 0.6) is 11.5 Å². The van der Waals surface area contributed by atoms with Crippen LogP contribution in [0, 0.1) is 0 Å². The molecule has 26 heavy (non-hydrogen) atoms. The summed E-state index contributed by atoms with van der Waals surface area (Å²) in [6, 6.07) is 14.6. The third-order valence-corrected chi connectivity index (χ3v) is 3.74. The number of aromatic nitrogens is 4. The van der Waals surface area contributed by atoms with Crippen LogP contribution in [0.1, 0.15) is 26.3 Å². The third-order valence-electron chi connectivity index (χ3n) is 3.74. The van der Waals surface area contributed by atoms with Gasteiger partial charge < -0.3 is 9.47 Å². The molecular formula is C19H20N4O3. The summed E-state index contributed by atoms with van der Waals surface area (Å²) in [7, 11) is 0. The monoisotopic (exact) mass is 352 g/mol. The number of ether oxygens (including phenoxy) is 2. The highest BCUT2D eigenvalue weighted by Crippen LogP contribution is 2.24. The first kappa shape index (κ1) is 17.6. The highest BCUT2D eigenvalue weighted by atomic mass is 16.6. The molecule has 0 bridgehead atoms. The number of hydrogen-bond donors (Lipinski definition) is 0. The second-order valence-corrected chi connectivity index (χ2v) is 6.79. The van der Waals surface area contributed by atoms with E-state index in [9.17, 15) is 4.79 Å². The summed E-state index contributed by atoms with van der Waals surface area (Å²) >= 11 is 0. The Morgan fingerprint density at radius 1 is 1.08 bits per heavy atom. The van der Waals surface area contributed by atoms with E-state index in [1.807, 2.05) is 24.3 Å².